The molecule has 0 radical (unpaired) electrons. The van der Waals surface area contributed by atoms with Gasteiger partial charge in [-0.05, 0) is 25.5 Å². The Balaban J connectivity index is 2.67. The molecule has 1 rings (SSSR count). The van der Waals surface area contributed by atoms with E-state index in [0.29, 0.717) is 36.6 Å². The van der Waals surface area contributed by atoms with Gasteiger partial charge in [0.2, 0.25) is 5.91 Å². The van der Waals surface area contributed by atoms with Crippen molar-refractivity contribution < 1.29 is 14.3 Å². The van der Waals surface area contributed by atoms with Crippen molar-refractivity contribution in [3.05, 3.63) is 23.8 Å². The number of primary amides is 1. The topological polar surface area (TPSA) is 107 Å². The predicted octanol–water partition coefficient (Wildman–Crippen LogP) is 0.663. The van der Waals surface area contributed by atoms with Gasteiger partial charge in [-0.1, -0.05) is 6.07 Å². The van der Waals surface area contributed by atoms with Gasteiger partial charge in [0, 0.05) is 18.7 Å². The molecule has 19 heavy (non-hydrogen) atoms. The summed E-state index contributed by atoms with van der Waals surface area (Å²) in [7, 11) is 0. The van der Waals surface area contributed by atoms with Gasteiger partial charge in [0.05, 0.1) is 6.61 Å². The first kappa shape index (κ1) is 14.8. The molecule has 2 amide bonds. The van der Waals surface area contributed by atoms with E-state index < -0.39 is 0 Å². The van der Waals surface area contributed by atoms with Gasteiger partial charge < -0.3 is 21.5 Å². The molecule has 5 N–H and O–H groups in total. The second kappa shape index (κ2) is 7.25. The summed E-state index contributed by atoms with van der Waals surface area (Å²) in [5, 5.41) is 2.69. The molecule has 1 aromatic carbocycles. The third-order valence-corrected chi connectivity index (χ3v) is 2.47. The number of nitrogen functional groups attached to an aromatic ring is 1. The summed E-state index contributed by atoms with van der Waals surface area (Å²) in [6.45, 7) is 2.64. The molecule has 0 aliphatic rings. The zero-order valence-electron chi connectivity index (χ0n) is 10.9. The van der Waals surface area contributed by atoms with Crippen molar-refractivity contribution in [2.24, 2.45) is 5.73 Å². The number of hydrogen-bond donors (Lipinski definition) is 3. The molecule has 0 spiro atoms. The minimum atomic E-state index is -0.386. The first-order valence-electron chi connectivity index (χ1n) is 6.14. The minimum Gasteiger partial charge on any atom is -0.493 e. The van der Waals surface area contributed by atoms with Gasteiger partial charge in [0.25, 0.3) is 5.91 Å². The lowest BCUT2D eigenvalue weighted by Crippen LogP contribution is -2.27. The van der Waals surface area contributed by atoms with Crippen molar-refractivity contribution in [1.29, 1.82) is 0 Å². The van der Waals surface area contributed by atoms with Gasteiger partial charge in [0.1, 0.15) is 11.3 Å². The summed E-state index contributed by atoms with van der Waals surface area (Å²) in [5.74, 6) is -0.246. The highest BCUT2D eigenvalue weighted by Crippen LogP contribution is 2.24. The van der Waals surface area contributed by atoms with Crippen LogP contribution in [0.1, 0.15) is 30.1 Å². The van der Waals surface area contributed by atoms with E-state index in [9.17, 15) is 9.59 Å². The molecule has 0 atom stereocenters. The van der Waals surface area contributed by atoms with Crippen LogP contribution in [0.4, 0.5) is 5.69 Å². The average molecular weight is 265 g/mol. The van der Waals surface area contributed by atoms with E-state index >= 15 is 0 Å². The molecular formula is C13H19N3O3. The number of hydrogen-bond acceptors (Lipinski definition) is 4. The molecule has 0 heterocycles. The molecule has 104 valence electrons. The van der Waals surface area contributed by atoms with Crippen molar-refractivity contribution in [3.8, 4) is 5.75 Å². The summed E-state index contributed by atoms with van der Waals surface area (Å²) in [6, 6.07) is 5.06. The maximum Gasteiger partial charge on any atom is 0.257 e. The van der Waals surface area contributed by atoms with Crippen LogP contribution < -0.4 is 21.5 Å². The second-order valence-electron chi connectivity index (χ2n) is 3.98. The fourth-order valence-electron chi connectivity index (χ4n) is 1.62. The van der Waals surface area contributed by atoms with Crippen LogP contribution in [0.3, 0.4) is 0 Å². The van der Waals surface area contributed by atoms with Crippen LogP contribution in [0.5, 0.6) is 5.75 Å². The second-order valence-corrected chi connectivity index (χ2v) is 3.98. The SMILES string of the molecule is CCOc1cccc(N)c1C(=O)NCCCC(N)=O. The zero-order valence-corrected chi connectivity index (χ0v) is 10.9. The van der Waals surface area contributed by atoms with E-state index in [2.05, 4.69) is 5.32 Å². The van der Waals surface area contributed by atoms with Gasteiger partial charge in [-0.2, -0.15) is 0 Å². The molecule has 6 heteroatoms. The molecule has 0 aliphatic carbocycles. The summed E-state index contributed by atoms with van der Waals surface area (Å²) < 4.78 is 5.37. The van der Waals surface area contributed by atoms with Gasteiger partial charge in [0.15, 0.2) is 0 Å². The Morgan fingerprint density at radius 3 is 2.74 bits per heavy atom. The molecule has 1 aromatic rings. The van der Waals surface area contributed by atoms with Crippen LogP contribution in [-0.2, 0) is 4.79 Å². The Morgan fingerprint density at radius 2 is 2.11 bits per heavy atom. The van der Waals surface area contributed by atoms with Crippen molar-refractivity contribution in [3.63, 3.8) is 0 Å². The van der Waals surface area contributed by atoms with E-state index in [-0.39, 0.29) is 18.2 Å². The molecular weight excluding hydrogens is 246 g/mol. The largest absolute Gasteiger partial charge is 0.493 e. The number of anilines is 1. The van der Waals surface area contributed by atoms with E-state index in [4.69, 9.17) is 16.2 Å². The third kappa shape index (κ3) is 4.50. The van der Waals surface area contributed by atoms with Crippen molar-refractivity contribution in [2.75, 3.05) is 18.9 Å². The predicted molar refractivity (Wildman–Crippen MR) is 72.8 cm³/mol. The van der Waals surface area contributed by atoms with E-state index in [1.807, 2.05) is 6.92 Å². The van der Waals surface area contributed by atoms with Crippen LogP contribution in [0, 0.1) is 0 Å². The van der Waals surface area contributed by atoms with Gasteiger partial charge >= 0.3 is 0 Å². The lowest BCUT2D eigenvalue weighted by atomic mass is 10.1. The fourth-order valence-corrected chi connectivity index (χ4v) is 1.62. The Bertz CT molecular complexity index is 460. The number of amides is 2. The maximum atomic E-state index is 12.0. The summed E-state index contributed by atoms with van der Waals surface area (Å²) in [5.41, 5.74) is 11.5. The molecule has 0 unspecified atom stereocenters. The smallest absolute Gasteiger partial charge is 0.257 e. The quantitative estimate of drug-likeness (QED) is 0.497. The van der Waals surface area contributed by atoms with Crippen LogP contribution in [0.15, 0.2) is 18.2 Å². The number of rotatable bonds is 7. The summed E-state index contributed by atoms with van der Waals surface area (Å²) in [4.78, 5) is 22.6. The number of nitrogens with two attached hydrogens (primary N) is 2. The molecule has 0 saturated heterocycles. The normalized spacial score (nSPS) is 9.95. The van der Waals surface area contributed by atoms with Crippen molar-refractivity contribution in [1.82, 2.24) is 5.32 Å². The molecule has 0 fully saturated rings. The Hall–Kier alpha value is -2.24. The van der Waals surface area contributed by atoms with Crippen molar-refractivity contribution >= 4 is 17.5 Å². The highest BCUT2D eigenvalue weighted by molar-refractivity contribution is 6.01. The number of carbonyl (C=O) groups excluding carboxylic acids is 2. The Morgan fingerprint density at radius 1 is 1.37 bits per heavy atom. The summed E-state index contributed by atoms with van der Waals surface area (Å²) >= 11 is 0. The molecule has 6 nitrogen and oxygen atoms in total. The summed E-state index contributed by atoms with van der Waals surface area (Å²) in [6.07, 6.45) is 0.737. The van der Waals surface area contributed by atoms with E-state index in [1.165, 1.54) is 0 Å². The molecule has 0 aromatic heterocycles. The van der Waals surface area contributed by atoms with Crippen molar-refractivity contribution in [2.45, 2.75) is 19.8 Å². The minimum absolute atomic E-state index is 0.239. The van der Waals surface area contributed by atoms with Gasteiger partial charge in [-0.25, -0.2) is 0 Å². The Kier molecular flexibility index (Phi) is 5.66. The maximum absolute atomic E-state index is 12.0. The van der Waals surface area contributed by atoms with Crippen LogP contribution in [0.25, 0.3) is 0 Å². The molecule has 0 aliphatic heterocycles. The monoisotopic (exact) mass is 265 g/mol. The highest BCUT2D eigenvalue weighted by atomic mass is 16.5. The fraction of sp³-hybridized carbons (Fsp3) is 0.385. The third-order valence-electron chi connectivity index (χ3n) is 2.47. The first-order valence-corrected chi connectivity index (χ1v) is 6.14. The van der Waals surface area contributed by atoms with E-state index in [0.717, 1.165) is 0 Å². The van der Waals surface area contributed by atoms with Gasteiger partial charge in [-0.15, -0.1) is 0 Å². The average Bonchev–Trinajstić information content (AvgIpc) is 2.35. The molecule has 0 bridgehead atoms. The Labute approximate surface area is 112 Å². The highest BCUT2D eigenvalue weighted by Gasteiger charge is 2.15. The number of nitrogens with one attached hydrogen (secondary N) is 1. The van der Waals surface area contributed by atoms with Gasteiger partial charge in [-0.3, -0.25) is 9.59 Å². The number of ether oxygens (including phenoxy) is 1. The van der Waals surface area contributed by atoms with E-state index in [1.54, 1.807) is 18.2 Å². The number of carbonyl (C=O) groups is 2. The van der Waals surface area contributed by atoms with Crippen LogP contribution in [0.2, 0.25) is 0 Å². The standard InChI is InChI=1S/C13H19N3O3/c1-2-19-10-6-3-5-9(14)12(10)13(18)16-8-4-7-11(15)17/h3,5-6H,2,4,7-8,14H2,1H3,(H2,15,17)(H,16,18). The lowest BCUT2D eigenvalue weighted by Gasteiger charge is -2.12. The van der Waals surface area contributed by atoms with Crippen LogP contribution >= 0.6 is 0 Å². The first-order chi connectivity index (χ1) is 9.06. The molecule has 0 saturated carbocycles. The zero-order chi connectivity index (χ0) is 14.3. The lowest BCUT2D eigenvalue weighted by molar-refractivity contribution is -0.118. The van der Waals surface area contributed by atoms with Crippen LogP contribution in [-0.4, -0.2) is 25.0 Å². The number of benzene rings is 1.